The Morgan fingerprint density at radius 3 is 3.07 bits per heavy atom. The van der Waals surface area contributed by atoms with Crippen LogP contribution in [0.3, 0.4) is 0 Å². The van der Waals surface area contributed by atoms with E-state index < -0.39 is 0 Å². The zero-order valence-electron chi connectivity index (χ0n) is 7.34. The van der Waals surface area contributed by atoms with Gasteiger partial charge < -0.3 is 0 Å². The number of carbonyl (C=O) groups is 1. The van der Waals surface area contributed by atoms with Crippen molar-refractivity contribution in [1.82, 2.24) is 5.43 Å². The van der Waals surface area contributed by atoms with E-state index in [9.17, 15) is 4.79 Å². The lowest BCUT2D eigenvalue weighted by Crippen LogP contribution is -2.29. The maximum absolute atomic E-state index is 11.1. The molecule has 0 aliphatic carbocycles. The summed E-state index contributed by atoms with van der Waals surface area (Å²) in [4.78, 5) is 12.5. The van der Waals surface area contributed by atoms with Crippen LogP contribution in [0.15, 0.2) is 12.1 Å². The van der Waals surface area contributed by atoms with Crippen molar-refractivity contribution in [3.63, 3.8) is 0 Å². The van der Waals surface area contributed by atoms with E-state index in [1.54, 1.807) is 6.07 Å². The number of amides is 1. The molecular formula is C9H9BrN2OS. The van der Waals surface area contributed by atoms with Crippen LogP contribution in [0.4, 0.5) is 0 Å². The fourth-order valence-electron chi connectivity index (χ4n) is 0.795. The van der Waals surface area contributed by atoms with Gasteiger partial charge in [-0.3, -0.25) is 10.2 Å². The highest BCUT2D eigenvalue weighted by Crippen LogP contribution is 2.14. The van der Waals surface area contributed by atoms with Gasteiger partial charge in [-0.2, -0.15) is 0 Å². The minimum atomic E-state index is -0.274. The third-order valence-electron chi connectivity index (χ3n) is 1.39. The van der Waals surface area contributed by atoms with Crippen LogP contribution in [0, 0.1) is 11.8 Å². The second-order valence-electron chi connectivity index (χ2n) is 2.38. The molecule has 0 saturated carbocycles. The lowest BCUT2D eigenvalue weighted by Gasteiger charge is -1.91. The molecule has 74 valence electrons. The number of rotatable bonds is 2. The molecule has 5 heteroatoms. The largest absolute Gasteiger partial charge is 0.289 e. The van der Waals surface area contributed by atoms with E-state index in [0.29, 0.717) is 4.88 Å². The first-order chi connectivity index (χ1) is 6.77. The molecule has 0 saturated heterocycles. The summed E-state index contributed by atoms with van der Waals surface area (Å²) in [6.45, 7) is 0. The Kier molecular flexibility index (Phi) is 4.66. The van der Waals surface area contributed by atoms with Crippen molar-refractivity contribution in [3.8, 4) is 11.8 Å². The number of nitrogens with one attached hydrogen (secondary N) is 1. The predicted octanol–water partition coefficient (Wildman–Crippen LogP) is 1.49. The molecule has 0 spiro atoms. The van der Waals surface area contributed by atoms with Crippen molar-refractivity contribution < 1.29 is 4.79 Å². The average molecular weight is 273 g/mol. The molecule has 0 aromatic carbocycles. The van der Waals surface area contributed by atoms with E-state index in [2.05, 4.69) is 33.2 Å². The third-order valence-corrected chi connectivity index (χ3v) is 2.79. The predicted molar refractivity (Wildman–Crippen MR) is 61.3 cm³/mol. The van der Waals surface area contributed by atoms with Crippen molar-refractivity contribution >= 4 is 33.2 Å². The van der Waals surface area contributed by atoms with Crippen LogP contribution in [0.1, 0.15) is 21.0 Å². The van der Waals surface area contributed by atoms with Crippen LogP contribution in [0.25, 0.3) is 0 Å². The third kappa shape index (κ3) is 3.14. The lowest BCUT2D eigenvalue weighted by molar-refractivity contribution is 0.0957. The van der Waals surface area contributed by atoms with Gasteiger partial charge in [-0.25, -0.2) is 5.84 Å². The number of nitrogens with two attached hydrogens (primary N) is 1. The number of hydrazine groups is 1. The van der Waals surface area contributed by atoms with Gasteiger partial charge in [-0.15, -0.1) is 11.3 Å². The fourth-order valence-corrected chi connectivity index (χ4v) is 1.78. The minimum absolute atomic E-state index is 0.274. The molecule has 0 radical (unpaired) electrons. The summed E-state index contributed by atoms with van der Waals surface area (Å²) in [6.07, 6.45) is 0.802. The van der Waals surface area contributed by atoms with Gasteiger partial charge in [-0.05, 0) is 12.1 Å². The molecule has 0 aliphatic heterocycles. The highest BCUT2D eigenvalue weighted by molar-refractivity contribution is 9.09. The quantitative estimate of drug-likeness (QED) is 0.282. The first-order valence-electron chi connectivity index (χ1n) is 3.93. The Balaban J connectivity index is 2.70. The van der Waals surface area contributed by atoms with E-state index in [4.69, 9.17) is 5.84 Å². The van der Waals surface area contributed by atoms with Gasteiger partial charge in [0.2, 0.25) is 0 Å². The second-order valence-corrected chi connectivity index (χ2v) is 4.25. The highest BCUT2D eigenvalue weighted by atomic mass is 79.9. The zero-order chi connectivity index (χ0) is 10.4. The summed E-state index contributed by atoms with van der Waals surface area (Å²) < 4.78 is 0. The first-order valence-corrected chi connectivity index (χ1v) is 5.87. The Bertz CT molecular complexity index is 378. The van der Waals surface area contributed by atoms with E-state index in [-0.39, 0.29) is 5.91 Å². The molecule has 1 heterocycles. The SMILES string of the molecule is NNC(=O)c1ccc(C#CCCBr)s1. The van der Waals surface area contributed by atoms with Crippen molar-refractivity contribution in [2.45, 2.75) is 6.42 Å². The Morgan fingerprint density at radius 2 is 2.43 bits per heavy atom. The molecule has 0 atom stereocenters. The number of nitrogen functional groups attached to an aromatic ring is 1. The second kappa shape index (κ2) is 5.81. The number of hydrogen-bond acceptors (Lipinski definition) is 3. The van der Waals surface area contributed by atoms with Gasteiger partial charge in [0.25, 0.3) is 5.91 Å². The standard InChI is InChI=1S/C9H9BrN2OS/c10-6-2-1-3-7-4-5-8(14-7)9(13)12-11/h4-5H,2,6,11H2,(H,12,13). The van der Waals surface area contributed by atoms with Crippen LogP contribution in [-0.4, -0.2) is 11.2 Å². The minimum Gasteiger partial charge on any atom is -0.289 e. The topological polar surface area (TPSA) is 55.1 Å². The summed E-state index contributed by atoms with van der Waals surface area (Å²) >= 11 is 4.62. The number of carbonyl (C=O) groups excluding carboxylic acids is 1. The van der Waals surface area contributed by atoms with Crippen molar-refractivity contribution in [2.24, 2.45) is 5.84 Å². The number of alkyl halides is 1. The van der Waals surface area contributed by atoms with Gasteiger partial charge >= 0.3 is 0 Å². The summed E-state index contributed by atoms with van der Waals surface area (Å²) in [5, 5.41) is 0.863. The maximum atomic E-state index is 11.1. The molecule has 1 rings (SSSR count). The molecule has 3 nitrogen and oxygen atoms in total. The van der Waals surface area contributed by atoms with Crippen LogP contribution >= 0.6 is 27.3 Å². The Morgan fingerprint density at radius 1 is 1.64 bits per heavy atom. The number of halogens is 1. The van der Waals surface area contributed by atoms with Gasteiger partial charge in [0, 0.05) is 11.8 Å². The summed E-state index contributed by atoms with van der Waals surface area (Å²) in [7, 11) is 0. The smallest absolute Gasteiger partial charge is 0.275 e. The molecule has 0 fully saturated rings. The van der Waals surface area contributed by atoms with Gasteiger partial charge in [0.15, 0.2) is 0 Å². The monoisotopic (exact) mass is 272 g/mol. The van der Waals surface area contributed by atoms with Crippen LogP contribution in [0.5, 0.6) is 0 Å². The zero-order valence-corrected chi connectivity index (χ0v) is 9.74. The maximum Gasteiger partial charge on any atom is 0.275 e. The molecule has 14 heavy (non-hydrogen) atoms. The lowest BCUT2D eigenvalue weighted by atomic mass is 10.4. The summed E-state index contributed by atoms with van der Waals surface area (Å²) in [5.74, 6) is 10.7. The summed E-state index contributed by atoms with van der Waals surface area (Å²) in [5.41, 5.74) is 2.08. The molecule has 0 unspecified atom stereocenters. The van der Waals surface area contributed by atoms with Crippen LogP contribution in [0.2, 0.25) is 0 Å². The highest BCUT2D eigenvalue weighted by Gasteiger charge is 2.05. The Hall–Kier alpha value is -0.830. The number of hydrogen-bond donors (Lipinski definition) is 2. The molecule has 1 amide bonds. The van der Waals surface area contributed by atoms with E-state index >= 15 is 0 Å². The number of thiophene rings is 1. The van der Waals surface area contributed by atoms with E-state index in [1.165, 1.54) is 11.3 Å². The molecule has 1 aromatic heterocycles. The molecule has 1 aromatic rings. The van der Waals surface area contributed by atoms with Crippen molar-refractivity contribution in [1.29, 1.82) is 0 Å². The average Bonchev–Trinajstić information content (AvgIpc) is 2.66. The van der Waals surface area contributed by atoms with Gasteiger partial charge in [0.05, 0.1) is 9.75 Å². The van der Waals surface area contributed by atoms with E-state index in [0.717, 1.165) is 16.6 Å². The van der Waals surface area contributed by atoms with Gasteiger partial charge in [0.1, 0.15) is 0 Å². The molecule has 3 N–H and O–H groups in total. The Labute approximate surface area is 94.8 Å². The normalized spacial score (nSPS) is 9.00. The molecule has 0 bridgehead atoms. The van der Waals surface area contributed by atoms with E-state index in [1.807, 2.05) is 6.07 Å². The van der Waals surface area contributed by atoms with Crippen molar-refractivity contribution in [3.05, 3.63) is 21.9 Å². The van der Waals surface area contributed by atoms with Crippen LogP contribution < -0.4 is 11.3 Å². The van der Waals surface area contributed by atoms with Crippen LogP contribution in [-0.2, 0) is 0 Å². The van der Waals surface area contributed by atoms with Gasteiger partial charge in [-0.1, -0.05) is 27.8 Å². The first kappa shape index (κ1) is 11.2. The molecule has 0 aliphatic rings. The fraction of sp³-hybridized carbons (Fsp3) is 0.222. The van der Waals surface area contributed by atoms with Crippen molar-refractivity contribution in [2.75, 3.05) is 5.33 Å². The molecular weight excluding hydrogens is 264 g/mol. The summed E-state index contributed by atoms with van der Waals surface area (Å²) in [6, 6.07) is 3.53.